The quantitative estimate of drug-likeness (QED) is 0.448. The smallest absolute Gasteiger partial charge is 0.226 e. The second-order valence-electron chi connectivity index (χ2n) is 9.84. The van der Waals surface area contributed by atoms with Crippen molar-refractivity contribution < 1.29 is 9.90 Å². The first-order chi connectivity index (χ1) is 16.8. The van der Waals surface area contributed by atoms with E-state index >= 15 is 0 Å². The lowest BCUT2D eigenvalue weighted by Gasteiger charge is -2.21. The molecule has 5 rings (SSSR count). The summed E-state index contributed by atoms with van der Waals surface area (Å²) in [4.78, 5) is 13.4. The maximum absolute atomic E-state index is 13.4. The SMILES string of the molecule is Cc1c(-c2cnn(C)c2)nn(-c2ccccc2)c1CC(=O)N[C@@H]1CC(C)(O)C[C@H]1c1ccccc1. The van der Waals surface area contributed by atoms with E-state index in [0.717, 1.165) is 33.8 Å². The number of benzene rings is 2. The number of para-hydroxylation sites is 1. The zero-order chi connectivity index (χ0) is 24.6. The molecule has 0 saturated heterocycles. The van der Waals surface area contributed by atoms with Gasteiger partial charge in [0.2, 0.25) is 5.91 Å². The molecule has 2 aromatic carbocycles. The molecule has 2 N–H and O–H groups in total. The molecule has 1 saturated carbocycles. The highest BCUT2D eigenvalue weighted by Crippen LogP contribution is 2.41. The highest BCUT2D eigenvalue weighted by atomic mass is 16.3. The van der Waals surface area contributed by atoms with Crippen LogP contribution in [-0.4, -0.2) is 42.2 Å². The van der Waals surface area contributed by atoms with Crippen molar-refractivity contribution in [2.45, 2.75) is 50.7 Å². The maximum atomic E-state index is 13.4. The number of carbonyl (C=O) groups is 1. The van der Waals surface area contributed by atoms with Crippen molar-refractivity contribution in [3.05, 3.63) is 89.9 Å². The number of carbonyl (C=O) groups excluding carboxylic acids is 1. The predicted octanol–water partition coefficient (Wildman–Crippen LogP) is 3.94. The fourth-order valence-corrected chi connectivity index (χ4v) is 5.27. The van der Waals surface area contributed by atoms with Crippen LogP contribution in [-0.2, 0) is 18.3 Å². The number of rotatable bonds is 6. The summed E-state index contributed by atoms with van der Waals surface area (Å²) in [5, 5.41) is 23.2. The summed E-state index contributed by atoms with van der Waals surface area (Å²) >= 11 is 0. The van der Waals surface area contributed by atoms with Gasteiger partial charge in [0.1, 0.15) is 0 Å². The number of amides is 1. The third-order valence-corrected chi connectivity index (χ3v) is 6.93. The Morgan fingerprint density at radius 3 is 2.46 bits per heavy atom. The zero-order valence-electron chi connectivity index (χ0n) is 20.3. The van der Waals surface area contributed by atoms with Gasteiger partial charge in [0, 0.05) is 30.8 Å². The molecule has 1 fully saturated rings. The number of aliphatic hydroxyl groups is 1. The first-order valence-corrected chi connectivity index (χ1v) is 12.0. The first-order valence-electron chi connectivity index (χ1n) is 12.0. The monoisotopic (exact) mass is 469 g/mol. The van der Waals surface area contributed by atoms with Crippen LogP contribution in [0.15, 0.2) is 73.1 Å². The summed E-state index contributed by atoms with van der Waals surface area (Å²) in [5.41, 5.74) is 4.75. The Balaban J connectivity index is 1.44. The van der Waals surface area contributed by atoms with Gasteiger partial charge in [0.05, 0.1) is 35.3 Å². The molecule has 0 spiro atoms. The van der Waals surface area contributed by atoms with Crippen molar-refractivity contribution in [2.75, 3.05) is 0 Å². The number of hydrogen-bond donors (Lipinski definition) is 2. The van der Waals surface area contributed by atoms with Crippen LogP contribution in [0.2, 0.25) is 0 Å². The van der Waals surface area contributed by atoms with E-state index in [0.29, 0.717) is 12.8 Å². The lowest BCUT2D eigenvalue weighted by atomic mass is 9.93. The van der Waals surface area contributed by atoms with Gasteiger partial charge in [-0.2, -0.15) is 10.2 Å². The van der Waals surface area contributed by atoms with Crippen LogP contribution < -0.4 is 5.32 Å². The summed E-state index contributed by atoms with van der Waals surface area (Å²) in [6.45, 7) is 3.86. The van der Waals surface area contributed by atoms with Gasteiger partial charge in [-0.1, -0.05) is 48.5 Å². The Bertz CT molecular complexity index is 1320. The number of aromatic nitrogens is 4. The molecule has 180 valence electrons. The molecular weight excluding hydrogens is 438 g/mol. The van der Waals surface area contributed by atoms with E-state index in [9.17, 15) is 9.90 Å². The number of aryl methyl sites for hydroxylation is 1. The molecule has 7 heteroatoms. The van der Waals surface area contributed by atoms with Gasteiger partial charge in [0.25, 0.3) is 0 Å². The van der Waals surface area contributed by atoms with Crippen molar-refractivity contribution in [1.82, 2.24) is 24.9 Å². The lowest BCUT2D eigenvalue weighted by molar-refractivity contribution is -0.121. The van der Waals surface area contributed by atoms with Crippen molar-refractivity contribution in [1.29, 1.82) is 0 Å². The second kappa shape index (κ2) is 9.15. The van der Waals surface area contributed by atoms with Gasteiger partial charge >= 0.3 is 0 Å². The molecule has 3 atom stereocenters. The zero-order valence-corrected chi connectivity index (χ0v) is 20.3. The van der Waals surface area contributed by atoms with Gasteiger partial charge < -0.3 is 10.4 Å². The summed E-state index contributed by atoms with van der Waals surface area (Å²) in [5.74, 6) is -0.00668. The maximum Gasteiger partial charge on any atom is 0.226 e. The Labute approximate surface area is 205 Å². The van der Waals surface area contributed by atoms with E-state index in [4.69, 9.17) is 5.10 Å². The van der Waals surface area contributed by atoms with Crippen LogP contribution in [0.4, 0.5) is 0 Å². The molecule has 0 bridgehead atoms. The average molecular weight is 470 g/mol. The van der Waals surface area contributed by atoms with Gasteiger partial charge in [0.15, 0.2) is 0 Å². The van der Waals surface area contributed by atoms with Crippen LogP contribution in [0.25, 0.3) is 16.9 Å². The average Bonchev–Trinajstić information content (AvgIpc) is 3.50. The van der Waals surface area contributed by atoms with Crippen molar-refractivity contribution in [2.24, 2.45) is 7.05 Å². The summed E-state index contributed by atoms with van der Waals surface area (Å²) in [6, 6.07) is 19.9. The molecule has 0 aliphatic heterocycles. The van der Waals surface area contributed by atoms with Gasteiger partial charge in [-0.25, -0.2) is 4.68 Å². The highest BCUT2D eigenvalue weighted by Gasteiger charge is 2.42. The Morgan fingerprint density at radius 2 is 1.80 bits per heavy atom. The van der Waals surface area contributed by atoms with E-state index in [-0.39, 0.29) is 24.3 Å². The minimum absolute atomic E-state index is 0.0706. The lowest BCUT2D eigenvalue weighted by Crippen LogP contribution is -2.38. The van der Waals surface area contributed by atoms with Crippen LogP contribution in [0, 0.1) is 6.92 Å². The molecule has 7 nitrogen and oxygen atoms in total. The van der Waals surface area contributed by atoms with Crippen molar-refractivity contribution in [3.8, 4) is 16.9 Å². The van der Waals surface area contributed by atoms with Crippen LogP contribution >= 0.6 is 0 Å². The van der Waals surface area contributed by atoms with Gasteiger partial charge in [-0.05, 0) is 49.9 Å². The van der Waals surface area contributed by atoms with Crippen LogP contribution in [0.1, 0.15) is 42.5 Å². The molecule has 1 amide bonds. The molecule has 2 heterocycles. The molecule has 2 aromatic heterocycles. The fourth-order valence-electron chi connectivity index (χ4n) is 5.27. The molecule has 1 unspecified atom stereocenters. The minimum atomic E-state index is -0.812. The molecular formula is C28H31N5O2. The van der Waals surface area contributed by atoms with Gasteiger partial charge in [-0.15, -0.1) is 0 Å². The summed E-state index contributed by atoms with van der Waals surface area (Å²) < 4.78 is 3.61. The predicted molar refractivity (Wildman–Crippen MR) is 135 cm³/mol. The third-order valence-electron chi connectivity index (χ3n) is 6.93. The Morgan fingerprint density at radius 1 is 1.11 bits per heavy atom. The normalized spacial score (nSPS) is 21.8. The third kappa shape index (κ3) is 4.77. The number of nitrogens with zero attached hydrogens (tertiary/aromatic N) is 4. The Hall–Kier alpha value is -3.71. The molecule has 4 aromatic rings. The topological polar surface area (TPSA) is 85.0 Å². The standard InChI is InChI=1S/C28H31N5O2/c1-19-25(33(22-12-8-5-9-13-22)31-27(19)21-17-29-32(3)18-21)14-26(34)30-24-16-28(2,35)15-23(24)20-10-6-4-7-11-20/h4-13,17-18,23-24,35H,14-16H2,1-3H3,(H,30,34)/t23-,24+,28?/m0/s1. The van der Waals surface area contributed by atoms with E-state index in [1.54, 1.807) is 10.9 Å². The minimum Gasteiger partial charge on any atom is -0.390 e. The van der Waals surface area contributed by atoms with Crippen LogP contribution in [0.5, 0.6) is 0 Å². The van der Waals surface area contributed by atoms with Crippen molar-refractivity contribution >= 4 is 5.91 Å². The largest absolute Gasteiger partial charge is 0.390 e. The van der Waals surface area contributed by atoms with E-state index in [1.165, 1.54) is 0 Å². The molecule has 0 radical (unpaired) electrons. The molecule has 35 heavy (non-hydrogen) atoms. The van der Waals surface area contributed by atoms with E-state index in [1.807, 2.05) is 80.3 Å². The summed E-state index contributed by atoms with van der Waals surface area (Å²) in [6.07, 6.45) is 5.05. The van der Waals surface area contributed by atoms with Crippen molar-refractivity contribution in [3.63, 3.8) is 0 Å². The Kier molecular flexibility index (Phi) is 6.03. The fraction of sp³-hybridized carbons (Fsp3) is 0.321. The summed E-state index contributed by atoms with van der Waals surface area (Å²) in [7, 11) is 1.88. The van der Waals surface area contributed by atoms with E-state index in [2.05, 4.69) is 22.5 Å². The number of nitrogens with one attached hydrogen (secondary N) is 1. The molecule has 1 aliphatic rings. The molecule has 1 aliphatic carbocycles. The first kappa shape index (κ1) is 23.1. The second-order valence-corrected chi connectivity index (χ2v) is 9.84. The van der Waals surface area contributed by atoms with Crippen LogP contribution in [0.3, 0.4) is 0 Å². The van der Waals surface area contributed by atoms with E-state index < -0.39 is 5.60 Å². The van der Waals surface area contributed by atoms with Gasteiger partial charge in [-0.3, -0.25) is 9.48 Å². The number of hydrogen-bond acceptors (Lipinski definition) is 4. The highest BCUT2D eigenvalue weighted by molar-refractivity contribution is 5.80.